The van der Waals surface area contributed by atoms with Crippen LogP contribution in [0.4, 0.5) is 4.39 Å². The van der Waals surface area contributed by atoms with Crippen molar-refractivity contribution in [2.45, 2.75) is 30.0 Å². The van der Waals surface area contributed by atoms with E-state index >= 15 is 0 Å². The average molecular weight is 339 g/mol. The van der Waals surface area contributed by atoms with E-state index in [1.807, 2.05) is 0 Å². The largest absolute Gasteiger partial charge is 0.386 e. The van der Waals surface area contributed by atoms with Crippen molar-refractivity contribution in [1.29, 1.82) is 0 Å². The van der Waals surface area contributed by atoms with Crippen molar-refractivity contribution in [2.75, 3.05) is 5.75 Å². The van der Waals surface area contributed by atoms with E-state index in [2.05, 4.69) is 15.9 Å². The lowest BCUT2D eigenvalue weighted by Crippen LogP contribution is -2.39. The third-order valence-electron chi connectivity index (χ3n) is 2.95. The molecule has 0 fully saturated rings. The van der Waals surface area contributed by atoms with Gasteiger partial charge in [-0.3, -0.25) is 0 Å². The summed E-state index contributed by atoms with van der Waals surface area (Å²) in [4.78, 5) is 0. The maximum absolute atomic E-state index is 13.1. The van der Waals surface area contributed by atoms with Crippen molar-refractivity contribution < 1.29 is 17.9 Å². The minimum Gasteiger partial charge on any atom is -0.386 e. The summed E-state index contributed by atoms with van der Waals surface area (Å²) in [7, 11) is -3.53. The maximum atomic E-state index is 13.1. The van der Waals surface area contributed by atoms with Gasteiger partial charge in [0, 0.05) is 5.75 Å². The minimum atomic E-state index is -3.53. The van der Waals surface area contributed by atoms with Crippen LogP contribution < -0.4 is 0 Å². The Hall–Kier alpha value is -0.460. The normalized spacial score (nSPS) is 17.2. The van der Waals surface area contributed by atoms with E-state index in [0.717, 1.165) is 6.07 Å². The van der Waals surface area contributed by atoms with E-state index in [4.69, 9.17) is 0 Å². The summed E-state index contributed by atoms with van der Waals surface area (Å²) in [6.07, 6.45) is -1.14. The van der Waals surface area contributed by atoms with Gasteiger partial charge in [0.25, 0.3) is 0 Å². The topological polar surface area (TPSA) is 54.4 Å². The van der Waals surface area contributed by atoms with Crippen molar-refractivity contribution >= 4 is 25.8 Å². The molecule has 1 N–H and O–H groups in total. The van der Waals surface area contributed by atoms with Gasteiger partial charge in [-0.1, -0.05) is 41.9 Å². The molecule has 1 rings (SSSR count). The monoisotopic (exact) mass is 338 g/mol. The molecule has 0 saturated carbocycles. The van der Waals surface area contributed by atoms with Gasteiger partial charge in [-0.05, 0) is 24.1 Å². The van der Waals surface area contributed by atoms with Crippen LogP contribution in [0.2, 0.25) is 0 Å². The molecule has 2 unspecified atom stereocenters. The van der Waals surface area contributed by atoms with E-state index in [1.54, 1.807) is 6.92 Å². The van der Waals surface area contributed by atoms with Gasteiger partial charge in [0.2, 0.25) is 0 Å². The molecular weight excluding hydrogens is 323 g/mol. The Morgan fingerprint density at radius 3 is 2.50 bits per heavy atom. The maximum Gasteiger partial charge on any atom is 0.168 e. The van der Waals surface area contributed by atoms with E-state index in [9.17, 15) is 17.9 Å². The minimum absolute atomic E-state index is 0.0987. The molecule has 1 aromatic carbocycles. The summed E-state index contributed by atoms with van der Waals surface area (Å²) in [6.45, 7) is 3.17. The lowest BCUT2D eigenvalue weighted by molar-refractivity contribution is 0.159. The zero-order chi connectivity index (χ0) is 14.0. The second kappa shape index (κ2) is 5.67. The first-order chi connectivity index (χ1) is 8.28. The number of aliphatic hydroxyl groups is 1. The van der Waals surface area contributed by atoms with Crippen molar-refractivity contribution in [3.8, 4) is 0 Å². The molecule has 2 atom stereocenters. The second-order valence-electron chi connectivity index (χ2n) is 4.00. The fourth-order valence-electron chi connectivity index (χ4n) is 1.75. The zero-order valence-corrected chi connectivity index (χ0v) is 12.6. The van der Waals surface area contributed by atoms with Crippen LogP contribution in [0, 0.1) is 5.82 Å². The molecule has 0 radical (unpaired) electrons. The average Bonchev–Trinajstić information content (AvgIpc) is 2.36. The number of rotatable bonds is 5. The SMILES string of the molecule is CCC(Br)(C(O)c1cccc(F)c1)S(=O)(=O)CC. The van der Waals surface area contributed by atoms with Crippen molar-refractivity contribution in [3.63, 3.8) is 0 Å². The molecule has 0 spiro atoms. The van der Waals surface area contributed by atoms with Gasteiger partial charge in [-0.25, -0.2) is 12.8 Å². The molecule has 0 aliphatic rings. The van der Waals surface area contributed by atoms with Crippen LogP contribution >= 0.6 is 15.9 Å². The summed E-state index contributed by atoms with van der Waals surface area (Å²) in [5.74, 6) is -0.607. The Morgan fingerprint density at radius 2 is 2.06 bits per heavy atom. The summed E-state index contributed by atoms with van der Waals surface area (Å²) >= 11 is 3.13. The van der Waals surface area contributed by atoms with E-state index in [0.29, 0.717) is 0 Å². The molecule has 0 amide bonds. The van der Waals surface area contributed by atoms with Gasteiger partial charge in [-0.2, -0.15) is 0 Å². The highest BCUT2D eigenvalue weighted by molar-refractivity contribution is 9.11. The molecule has 0 aromatic heterocycles. The number of hydrogen-bond acceptors (Lipinski definition) is 3. The second-order valence-corrected chi connectivity index (χ2v) is 8.48. The standard InChI is InChI=1S/C12H16BrFO3S/c1-3-12(13,18(16,17)4-2)11(15)9-6-5-7-10(14)8-9/h5-8,11,15H,3-4H2,1-2H3. The lowest BCUT2D eigenvalue weighted by Gasteiger charge is -2.31. The number of benzene rings is 1. The van der Waals surface area contributed by atoms with Gasteiger partial charge in [0.1, 0.15) is 11.9 Å². The summed E-state index contributed by atoms with van der Waals surface area (Å²) in [5.41, 5.74) is 0.241. The molecule has 0 aliphatic carbocycles. The van der Waals surface area contributed by atoms with Crippen LogP contribution in [0.3, 0.4) is 0 Å². The Labute approximate surface area is 115 Å². The highest BCUT2D eigenvalue weighted by Gasteiger charge is 2.45. The zero-order valence-electron chi connectivity index (χ0n) is 10.2. The molecular formula is C12H16BrFO3S. The van der Waals surface area contributed by atoms with Crippen LogP contribution in [0.5, 0.6) is 0 Å². The Kier molecular flexibility index (Phi) is 4.91. The van der Waals surface area contributed by atoms with Crippen molar-refractivity contribution in [1.82, 2.24) is 0 Å². The van der Waals surface area contributed by atoms with Crippen LogP contribution in [-0.4, -0.2) is 22.9 Å². The number of halogens is 2. The molecule has 18 heavy (non-hydrogen) atoms. The molecule has 3 nitrogen and oxygen atoms in total. The summed E-state index contributed by atoms with van der Waals surface area (Å²) in [5, 5.41) is 10.2. The van der Waals surface area contributed by atoms with E-state index in [-0.39, 0.29) is 17.7 Å². The van der Waals surface area contributed by atoms with Gasteiger partial charge < -0.3 is 5.11 Å². The van der Waals surface area contributed by atoms with Crippen LogP contribution in [-0.2, 0) is 9.84 Å². The Balaban J connectivity index is 3.26. The molecule has 0 aliphatic heterocycles. The van der Waals surface area contributed by atoms with Gasteiger partial charge in [-0.15, -0.1) is 0 Å². The molecule has 1 aromatic rings. The van der Waals surface area contributed by atoms with Gasteiger partial charge >= 0.3 is 0 Å². The molecule has 0 heterocycles. The Morgan fingerprint density at radius 1 is 1.44 bits per heavy atom. The lowest BCUT2D eigenvalue weighted by atomic mass is 10.0. The smallest absolute Gasteiger partial charge is 0.168 e. The number of hydrogen-bond donors (Lipinski definition) is 1. The van der Waals surface area contributed by atoms with Gasteiger partial charge in [0.15, 0.2) is 13.5 Å². The predicted molar refractivity (Wildman–Crippen MR) is 72.8 cm³/mol. The van der Waals surface area contributed by atoms with Crippen molar-refractivity contribution in [2.24, 2.45) is 0 Å². The fraction of sp³-hybridized carbons (Fsp3) is 0.500. The Bertz CT molecular complexity index is 518. The summed E-state index contributed by atoms with van der Waals surface area (Å²) in [6, 6.07) is 5.33. The quantitative estimate of drug-likeness (QED) is 0.840. The third-order valence-corrected chi connectivity index (χ3v) is 7.73. The number of alkyl halides is 1. The first kappa shape index (κ1) is 15.6. The number of aliphatic hydroxyl groups excluding tert-OH is 1. The van der Waals surface area contributed by atoms with Crippen molar-refractivity contribution in [3.05, 3.63) is 35.6 Å². The van der Waals surface area contributed by atoms with Crippen LogP contribution in [0.1, 0.15) is 31.9 Å². The highest BCUT2D eigenvalue weighted by atomic mass is 79.9. The van der Waals surface area contributed by atoms with E-state index < -0.39 is 25.4 Å². The first-order valence-corrected chi connectivity index (χ1v) is 8.07. The molecule has 0 bridgehead atoms. The summed E-state index contributed by atoms with van der Waals surface area (Å²) < 4.78 is 35.7. The number of sulfone groups is 1. The van der Waals surface area contributed by atoms with Gasteiger partial charge in [0.05, 0.1) is 0 Å². The van der Waals surface area contributed by atoms with Crippen LogP contribution in [0.15, 0.2) is 24.3 Å². The fourth-order valence-corrected chi connectivity index (χ4v) is 4.10. The predicted octanol–water partition coefficient (Wildman–Crippen LogP) is 2.80. The molecule has 6 heteroatoms. The first-order valence-electron chi connectivity index (χ1n) is 5.63. The molecule has 0 saturated heterocycles. The van der Waals surface area contributed by atoms with Crippen LogP contribution in [0.25, 0.3) is 0 Å². The third kappa shape index (κ3) is 2.75. The highest BCUT2D eigenvalue weighted by Crippen LogP contribution is 2.42. The molecule has 102 valence electrons. The van der Waals surface area contributed by atoms with E-state index in [1.165, 1.54) is 25.1 Å².